The van der Waals surface area contributed by atoms with E-state index >= 15 is 0 Å². The summed E-state index contributed by atoms with van der Waals surface area (Å²) in [5.41, 5.74) is 0. The molecule has 0 aliphatic rings. The second kappa shape index (κ2) is 22.4. The number of ketones is 1. The van der Waals surface area contributed by atoms with Gasteiger partial charge in [-0.1, -0.05) is 39.3 Å². The first kappa shape index (κ1) is 17.5. The third-order valence-corrected chi connectivity index (χ3v) is 0.691. The quantitative estimate of drug-likeness (QED) is 0.576. The van der Waals surface area contributed by atoms with Gasteiger partial charge in [0.2, 0.25) is 0 Å². The lowest BCUT2D eigenvalue weighted by Crippen LogP contribution is -1.69. The summed E-state index contributed by atoms with van der Waals surface area (Å²) in [6.45, 7) is 11.3. The first-order chi connectivity index (χ1) is 5.65. The Morgan fingerprint density at radius 2 is 1.58 bits per heavy atom. The minimum absolute atomic E-state index is 0.167. The summed E-state index contributed by atoms with van der Waals surface area (Å²) in [7, 11) is 0. The highest BCUT2D eigenvalue weighted by Gasteiger charge is 1.64. The zero-order chi connectivity index (χ0) is 10.4. The summed E-state index contributed by atoms with van der Waals surface area (Å²) in [6.07, 6.45) is 6.77. The van der Waals surface area contributed by atoms with Gasteiger partial charge in [0, 0.05) is 0 Å². The summed E-state index contributed by atoms with van der Waals surface area (Å²) in [5, 5.41) is 0. The van der Waals surface area contributed by atoms with Gasteiger partial charge >= 0.3 is 0 Å². The average Bonchev–Trinajstić information content (AvgIpc) is 2.04. The fourth-order valence-electron chi connectivity index (χ4n) is 0.333. The van der Waals surface area contributed by atoms with E-state index < -0.39 is 0 Å². The minimum atomic E-state index is 0.167. The number of carbonyl (C=O) groups is 1. The van der Waals surface area contributed by atoms with Gasteiger partial charge in [0.15, 0.2) is 0 Å². The predicted molar refractivity (Wildman–Crippen MR) is 57.4 cm³/mol. The molecule has 0 aromatic rings. The SMILES string of the molecule is C/C=C/CCC.CC.CC(C)=O. The van der Waals surface area contributed by atoms with Crippen molar-refractivity contribution in [2.75, 3.05) is 0 Å². The maximum Gasteiger partial charge on any atom is 0.126 e. The van der Waals surface area contributed by atoms with E-state index in [-0.39, 0.29) is 5.78 Å². The van der Waals surface area contributed by atoms with Gasteiger partial charge < -0.3 is 4.79 Å². The molecule has 0 saturated heterocycles. The number of allylic oxidation sites excluding steroid dienone is 2. The van der Waals surface area contributed by atoms with Crippen LogP contribution in [0.5, 0.6) is 0 Å². The Morgan fingerprint density at radius 1 is 1.25 bits per heavy atom. The first-order valence-corrected chi connectivity index (χ1v) is 4.73. The van der Waals surface area contributed by atoms with Crippen LogP contribution >= 0.6 is 0 Å². The van der Waals surface area contributed by atoms with E-state index in [1.165, 1.54) is 26.7 Å². The molecule has 12 heavy (non-hydrogen) atoms. The van der Waals surface area contributed by atoms with Gasteiger partial charge in [-0.2, -0.15) is 0 Å². The summed E-state index contributed by atoms with van der Waals surface area (Å²) >= 11 is 0. The van der Waals surface area contributed by atoms with Gasteiger partial charge in [0.05, 0.1) is 0 Å². The van der Waals surface area contributed by atoms with E-state index in [1.807, 2.05) is 13.8 Å². The Kier molecular flexibility index (Phi) is 32.7. The molecule has 0 aliphatic carbocycles. The fraction of sp³-hybridized carbons (Fsp3) is 0.727. The molecule has 1 nitrogen and oxygen atoms in total. The van der Waals surface area contributed by atoms with Crippen molar-refractivity contribution < 1.29 is 4.79 Å². The van der Waals surface area contributed by atoms with Crippen molar-refractivity contribution in [2.24, 2.45) is 0 Å². The van der Waals surface area contributed by atoms with Crippen LogP contribution in [0.1, 0.15) is 54.4 Å². The number of unbranched alkanes of at least 4 members (excludes halogenated alkanes) is 1. The average molecular weight is 172 g/mol. The van der Waals surface area contributed by atoms with Crippen LogP contribution in [0.3, 0.4) is 0 Å². The molecule has 0 atom stereocenters. The Labute approximate surface area is 77.9 Å². The van der Waals surface area contributed by atoms with Crippen LogP contribution in [0.4, 0.5) is 0 Å². The van der Waals surface area contributed by atoms with Crippen LogP contribution in [0.15, 0.2) is 12.2 Å². The van der Waals surface area contributed by atoms with Crippen molar-refractivity contribution in [3.8, 4) is 0 Å². The van der Waals surface area contributed by atoms with Crippen LogP contribution in [0.25, 0.3) is 0 Å². The third kappa shape index (κ3) is 115. The molecule has 1 heteroatoms. The van der Waals surface area contributed by atoms with Crippen LogP contribution < -0.4 is 0 Å². The van der Waals surface area contributed by atoms with Gasteiger partial charge in [-0.25, -0.2) is 0 Å². The largest absolute Gasteiger partial charge is 0.300 e. The fourth-order valence-corrected chi connectivity index (χ4v) is 0.333. The Balaban J connectivity index is -0.000000118. The molecular formula is C11H24O. The van der Waals surface area contributed by atoms with Crippen molar-refractivity contribution in [3.63, 3.8) is 0 Å². The van der Waals surface area contributed by atoms with Gasteiger partial charge in [-0.15, -0.1) is 0 Å². The Hall–Kier alpha value is -0.590. The monoisotopic (exact) mass is 172 g/mol. The molecule has 0 aromatic heterocycles. The summed E-state index contributed by atoms with van der Waals surface area (Å²) in [6, 6.07) is 0. The zero-order valence-corrected chi connectivity index (χ0v) is 9.48. The zero-order valence-electron chi connectivity index (χ0n) is 9.48. The van der Waals surface area contributed by atoms with Gasteiger partial charge in [-0.05, 0) is 27.2 Å². The molecule has 0 unspecified atom stereocenters. The van der Waals surface area contributed by atoms with Crippen LogP contribution in [0.2, 0.25) is 0 Å². The predicted octanol–water partition coefficient (Wildman–Crippen LogP) is 3.98. The molecule has 0 aromatic carbocycles. The third-order valence-electron chi connectivity index (χ3n) is 0.691. The van der Waals surface area contributed by atoms with Crippen LogP contribution in [-0.4, -0.2) is 5.78 Å². The molecular weight excluding hydrogens is 148 g/mol. The maximum atomic E-state index is 9.44. The Morgan fingerprint density at radius 3 is 1.67 bits per heavy atom. The van der Waals surface area contributed by atoms with E-state index in [0.29, 0.717) is 0 Å². The highest BCUT2D eigenvalue weighted by Crippen LogP contribution is 1.85. The van der Waals surface area contributed by atoms with E-state index in [9.17, 15) is 4.79 Å². The number of hydrogen-bond donors (Lipinski definition) is 0. The molecule has 74 valence electrons. The molecule has 0 rings (SSSR count). The highest BCUT2D eigenvalue weighted by molar-refractivity contribution is 5.72. The van der Waals surface area contributed by atoms with Crippen molar-refractivity contribution in [1.82, 2.24) is 0 Å². The molecule has 0 fully saturated rings. The second-order valence-electron chi connectivity index (χ2n) is 2.27. The van der Waals surface area contributed by atoms with Gasteiger partial charge in [0.25, 0.3) is 0 Å². The summed E-state index contributed by atoms with van der Waals surface area (Å²) in [4.78, 5) is 9.44. The highest BCUT2D eigenvalue weighted by atomic mass is 16.1. The molecule has 0 spiro atoms. The van der Waals surface area contributed by atoms with Crippen molar-refractivity contribution in [1.29, 1.82) is 0 Å². The van der Waals surface area contributed by atoms with E-state index in [2.05, 4.69) is 26.0 Å². The van der Waals surface area contributed by atoms with Crippen molar-refractivity contribution in [3.05, 3.63) is 12.2 Å². The first-order valence-electron chi connectivity index (χ1n) is 4.73. The number of carbonyl (C=O) groups excluding carboxylic acids is 1. The summed E-state index contributed by atoms with van der Waals surface area (Å²) < 4.78 is 0. The van der Waals surface area contributed by atoms with Gasteiger partial charge in [0.1, 0.15) is 5.78 Å². The number of hydrogen-bond acceptors (Lipinski definition) is 1. The van der Waals surface area contributed by atoms with Crippen molar-refractivity contribution >= 4 is 5.78 Å². The maximum absolute atomic E-state index is 9.44. The lowest BCUT2D eigenvalue weighted by molar-refractivity contribution is -0.114. The molecule has 0 bridgehead atoms. The molecule has 0 N–H and O–H groups in total. The van der Waals surface area contributed by atoms with Crippen molar-refractivity contribution in [2.45, 2.75) is 54.4 Å². The lowest BCUT2D eigenvalue weighted by atomic mass is 10.3. The van der Waals surface area contributed by atoms with E-state index in [4.69, 9.17) is 0 Å². The number of Topliss-reactive ketones (excluding diaryl/α,β-unsaturated/α-hetero) is 1. The molecule has 0 radical (unpaired) electrons. The summed E-state index contributed by atoms with van der Waals surface area (Å²) in [5.74, 6) is 0.167. The minimum Gasteiger partial charge on any atom is -0.300 e. The van der Waals surface area contributed by atoms with Gasteiger partial charge in [-0.3, -0.25) is 0 Å². The topological polar surface area (TPSA) is 17.1 Å². The molecule has 0 saturated carbocycles. The molecule has 0 heterocycles. The van der Waals surface area contributed by atoms with Crippen LogP contribution in [0, 0.1) is 0 Å². The molecule has 0 amide bonds. The Bertz CT molecular complexity index is 89.2. The van der Waals surface area contributed by atoms with E-state index in [1.54, 1.807) is 0 Å². The smallest absolute Gasteiger partial charge is 0.126 e. The number of rotatable bonds is 2. The lowest BCUT2D eigenvalue weighted by Gasteiger charge is -1.76. The standard InChI is InChI=1S/C6H12.C3H6O.C2H6/c1-3-5-6-4-2;1-3(2)4;1-2/h3,5H,4,6H2,1-2H3;1-2H3;1-2H3/b5-3+;;. The van der Waals surface area contributed by atoms with E-state index in [0.717, 1.165) is 0 Å². The second-order valence-corrected chi connectivity index (χ2v) is 2.27. The van der Waals surface area contributed by atoms with Crippen LogP contribution in [-0.2, 0) is 4.79 Å². The normalized spacial score (nSPS) is 7.83. The molecule has 0 aliphatic heterocycles.